The number of likely N-dealkylation sites (tertiary alicyclic amines) is 1. The van der Waals surface area contributed by atoms with Gasteiger partial charge in [-0.05, 0) is 12.8 Å². The summed E-state index contributed by atoms with van der Waals surface area (Å²) < 4.78 is 13.8. The maximum absolute atomic E-state index is 13.8. The highest BCUT2D eigenvalue weighted by molar-refractivity contribution is 5.84. The molecule has 0 atom stereocenters. The third-order valence-electron chi connectivity index (χ3n) is 2.90. The van der Waals surface area contributed by atoms with Crippen molar-refractivity contribution in [3.63, 3.8) is 0 Å². The van der Waals surface area contributed by atoms with E-state index in [1.54, 1.807) is 0 Å². The van der Waals surface area contributed by atoms with Gasteiger partial charge in [0.2, 0.25) is 0 Å². The second-order valence-electron chi connectivity index (χ2n) is 4.72. The molecule has 82 valence electrons. The number of rotatable bonds is 3. The van der Waals surface area contributed by atoms with Crippen molar-refractivity contribution in [3.8, 4) is 0 Å². The molecule has 0 N–H and O–H groups in total. The first-order chi connectivity index (χ1) is 6.44. The van der Waals surface area contributed by atoms with Crippen LogP contribution in [0, 0.1) is 5.92 Å². The van der Waals surface area contributed by atoms with Crippen molar-refractivity contribution < 1.29 is 9.18 Å². The maximum atomic E-state index is 13.8. The van der Waals surface area contributed by atoms with Crippen LogP contribution in [0.4, 0.5) is 4.39 Å². The highest BCUT2D eigenvalue weighted by Crippen LogP contribution is 2.27. The van der Waals surface area contributed by atoms with Gasteiger partial charge in [0.05, 0.1) is 0 Å². The van der Waals surface area contributed by atoms with Gasteiger partial charge in [-0.1, -0.05) is 13.8 Å². The molecule has 0 bridgehead atoms. The molecule has 14 heavy (non-hydrogen) atoms. The molecule has 1 saturated heterocycles. The summed E-state index contributed by atoms with van der Waals surface area (Å²) in [5.41, 5.74) is -1.53. The first kappa shape index (κ1) is 11.6. The van der Waals surface area contributed by atoms with Gasteiger partial charge in [-0.15, -0.1) is 0 Å². The standard InChI is InChI=1S/C11H20FNO/c1-9(2)8-13-6-4-11(12,5-7-13)10(3)14/h9H,4-8H2,1-3H3. The van der Waals surface area contributed by atoms with Gasteiger partial charge in [0.25, 0.3) is 0 Å². The van der Waals surface area contributed by atoms with Crippen LogP contribution in [0.5, 0.6) is 0 Å². The number of carbonyl (C=O) groups is 1. The number of ketones is 1. The van der Waals surface area contributed by atoms with Crippen molar-refractivity contribution in [2.45, 2.75) is 39.3 Å². The molecule has 3 heteroatoms. The Kier molecular flexibility index (Phi) is 3.65. The predicted octanol–water partition coefficient (Wildman–Crippen LogP) is 2.04. The smallest absolute Gasteiger partial charge is 0.170 e. The van der Waals surface area contributed by atoms with Gasteiger partial charge in [-0.25, -0.2) is 4.39 Å². The molecule has 1 aliphatic heterocycles. The van der Waals surface area contributed by atoms with Crippen molar-refractivity contribution in [1.82, 2.24) is 4.90 Å². The van der Waals surface area contributed by atoms with E-state index in [2.05, 4.69) is 18.7 Å². The molecule has 0 aromatic heterocycles. The van der Waals surface area contributed by atoms with E-state index in [-0.39, 0.29) is 5.78 Å². The van der Waals surface area contributed by atoms with Crippen molar-refractivity contribution in [3.05, 3.63) is 0 Å². The normalized spacial score (nSPS) is 22.6. The number of hydrogen-bond donors (Lipinski definition) is 0. The largest absolute Gasteiger partial charge is 0.303 e. The van der Waals surface area contributed by atoms with Crippen LogP contribution in [0.1, 0.15) is 33.6 Å². The van der Waals surface area contributed by atoms with E-state index in [0.717, 1.165) is 6.54 Å². The Morgan fingerprint density at radius 2 is 1.93 bits per heavy atom. The molecular formula is C11H20FNO. The summed E-state index contributed by atoms with van der Waals surface area (Å²) in [6.07, 6.45) is 0.740. The summed E-state index contributed by atoms with van der Waals surface area (Å²) in [5.74, 6) is 0.307. The summed E-state index contributed by atoms with van der Waals surface area (Å²) in [4.78, 5) is 13.3. The van der Waals surface area contributed by atoms with Crippen LogP contribution in [0.25, 0.3) is 0 Å². The summed E-state index contributed by atoms with van der Waals surface area (Å²) >= 11 is 0. The third-order valence-corrected chi connectivity index (χ3v) is 2.90. The second kappa shape index (κ2) is 4.39. The molecule has 0 aromatic rings. The molecule has 0 spiro atoms. The Hall–Kier alpha value is -0.440. The van der Waals surface area contributed by atoms with Crippen LogP contribution >= 0.6 is 0 Å². The van der Waals surface area contributed by atoms with Crippen molar-refractivity contribution in [2.75, 3.05) is 19.6 Å². The average molecular weight is 201 g/mol. The minimum Gasteiger partial charge on any atom is -0.303 e. The number of alkyl halides is 1. The lowest BCUT2D eigenvalue weighted by Crippen LogP contribution is -2.46. The number of piperidine rings is 1. The molecular weight excluding hydrogens is 181 g/mol. The lowest BCUT2D eigenvalue weighted by Gasteiger charge is -2.35. The first-order valence-electron chi connectivity index (χ1n) is 5.36. The van der Waals surface area contributed by atoms with Crippen LogP contribution in [0.2, 0.25) is 0 Å². The predicted molar refractivity (Wildman–Crippen MR) is 55.0 cm³/mol. The molecule has 0 amide bonds. The molecule has 0 aliphatic carbocycles. The molecule has 2 nitrogen and oxygen atoms in total. The minimum atomic E-state index is -1.53. The summed E-state index contributed by atoms with van der Waals surface area (Å²) in [6, 6.07) is 0. The van der Waals surface area contributed by atoms with E-state index < -0.39 is 5.67 Å². The highest BCUT2D eigenvalue weighted by atomic mass is 19.1. The zero-order chi connectivity index (χ0) is 10.8. The van der Waals surface area contributed by atoms with Gasteiger partial charge in [0, 0.05) is 32.5 Å². The molecule has 0 saturated carbocycles. The van der Waals surface area contributed by atoms with E-state index in [1.807, 2.05) is 0 Å². The molecule has 1 fully saturated rings. The number of nitrogens with zero attached hydrogens (tertiary/aromatic N) is 1. The first-order valence-corrected chi connectivity index (χ1v) is 5.36. The van der Waals surface area contributed by atoms with Gasteiger partial charge >= 0.3 is 0 Å². The third kappa shape index (κ3) is 2.77. The lowest BCUT2D eigenvalue weighted by molar-refractivity contribution is -0.131. The van der Waals surface area contributed by atoms with Crippen LogP contribution in [0.15, 0.2) is 0 Å². The molecule has 0 unspecified atom stereocenters. The van der Waals surface area contributed by atoms with Crippen molar-refractivity contribution in [2.24, 2.45) is 5.92 Å². The fourth-order valence-electron chi connectivity index (χ4n) is 1.96. The van der Waals surface area contributed by atoms with Crippen LogP contribution in [-0.2, 0) is 4.79 Å². The molecule has 0 aromatic carbocycles. The van der Waals surface area contributed by atoms with Crippen molar-refractivity contribution in [1.29, 1.82) is 0 Å². The highest BCUT2D eigenvalue weighted by Gasteiger charge is 2.38. The monoisotopic (exact) mass is 201 g/mol. The fourth-order valence-corrected chi connectivity index (χ4v) is 1.96. The van der Waals surface area contributed by atoms with Gasteiger partial charge in [-0.2, -0.15) is 0 Å². The molecule has 1 rings (SSSR count). The quantitative estimate of drug-likeness (QED) is 0.696. The maximum Gasteiger partial charge on any atom is 0.170 e. The van der Waals surface area contributed by atoms with Gasteiger partial charge in [0.1, 0.15) is 0 Å². The molecule has 0 radical (unpaired) electrons. The number of carbonyl (C=O) groups excluding carboxylic acids is 1. The fraction of sp³-hybridized carbons (Fsp3) is 0.909. The van der Waals surface area contributed by atoms with E-state index >= 15 is 0 Å². The van der Waals surface area contributed by atoms with E-state index in [0.29, 0.717) is 31.8 Å². The Morgan fingerprint density at radius 3 is 2.29 bits per heavy atom. The van der Waals surface area contributed by atoms with Gasteiger partial charge in [0.15, 0.2) is 11.5 Å². The number of Topliss-reactive ketones (excluding diaryl/α,β-unsaturated/α-hetero) is 1. The summed E-state index contributed by atoms with van der Waals surface area (Å²) in [7, 11) is 0. The Balaban J connectivity index is 2.42. The molecule has 1 aliphatic rings. The van der Waals surface area contributed by atoms with E-state index in [9.17, 15) is 9.18 Å². The second-order valence-corrected chi connectivity index (χ2v) is 4.72. The minimum absolute atomic E-state index is 0.304. The van der Waals surface area contributed by atoms with Crippen molar-refractivity contribution >= 4 is 5.78 Å². The Bertz CT molecular complexity index is 207. The Morgan fingerprint density at radius 1 is 1.43 bits per heavy atom. The Labute approximate surface area is 85.5 Å². The van der Waals surface area contributed by atoms with Crippen LogP contribution < -0.4 is 0 Å². The average Bonchev–Trinajstić information content (AvgIpc) is 2.08. The summed E-state index contributed by atoms with van der Waals surface area (Å²) in [6.45, 7) is 8.11. The summed E-state index contributed by atoms with van der Waals surface area (Å²) in [5, 5.41) is 0. The van der Waals surface area contributed by atoms with Crippen LogP contribution in [0.3, 0.4) is 0 Å². The topological polar surface area (TPSA) is 20.3 Å². The number of halogens is 1. The van der Waals surface area contributed by atoms with Gasteiger partial charge < -0.3 is 4.90 Å². The molecule has 1 heterocycles. The lowest BCUT2D eigenvalue weighted by atomic mass is 9.89. The van der Waals surface area contributed by atoms with Crippen LogP contribution in [-0.4, -0.2) is 36.0 Å². The SMILES string of the molecule is CC(=O)C1(F)CCN(CC(C)C)CC1. The zero-order valence-corrected chi connectivity index (χ0v) is 9.35. The van der Waals surface area contributed by atoms with E-state index in [1.165, 1.54) is 6.92 Å². The van der Waals surface area contributed by atoms with Gasteiger partial charge in [-0.3, -0.25) is 4.79 Å². The zero-order valence-electron chi connectivity index (χ0n) is 9.35. The van der Waals surface area contributed by atoms with E-state index in [4.69, 9.17) is 0 Å². The number of hydrogen-bond acceptors (Lipinski definition) is 2.